The lowest BCUT2D eigenvalue weighted by molar-refractivity contribution is -0.135. The Balaban J connectivity index is 1.23. The van der Waals surface area contributed by atoms with Crippen molar-refractivity contribution in [1.29, 1.82) is 0 Å². The third kappa shape index (κ3) is 7.93. The van der Waals surface area contributed by atoms with E-state index >= 15 is 0 Å². The molecule has 1 fully saturated rings. The molecule has 6 nitrogen and oxygen atoms in total. The van der Waals surface area contributed by atoms with E-state index in [2.05, 4.69) is 22.0 Å². The largest absolute Gasteiger partial charge is 0.506 e. The van der Waals surface area contributed by atoms with Crippen molar-refractivity contribution in [1.82, 2.24) is 9.88 Å². The van der Waals surface area contributed by atoms with Gasteiger partial charge in [0.1, 0.15) is 5.75 Å². The van der Waals surface area contributed by atoms with Gasteiger partial charge in [-0.05, 0) is 61.8 Å². The number of carbonyl (C=O) groups is 1. The number of phenolic OH excluding ortho intramolecular Hbond substituents is 1. The number of aromatic hydroxyl groups is 1. The van der Waals surface area contributed by atoms with Crippen LogP contribution in [0.25, 0.3) is 10.9 Å². The number of hydrogen-bond acceptors (Lipinski definition) is 4. The van der Waals surface area contributed by atoms with Gasteiger partial charge in [0, 0.05) is 24.0 Å². The second-order valence-electron chi connectivity index (χ2n) is 10.1. The molecule has 198 valence electrons. The Labute approximate surface area is 219 Å². The Hall–Kier alpha value is -3.12. The van der Waals surface area contributed by atoms with Crippen LogP contribution in [0.5, 0.6) is 5.75 Å². The fourth-order valence-electron chi connectivity index (χ4n) is 5.43. The molecule has 1 heterocycles. The van der Waals surface area contributed by atoms with E-state index in [1.54, 1.807) is 12.1 Å². The van der Waals surface area contributed by atoms with Crippen molar-refractivity contribution in [2.24, 2.45) is 0 Å². The maximum Gasteiger partial charge on any atom is 0.248 e. The molecule has 0 radical (unpaired) electrons. The number of rotatable bonds is 13. The number of nitrogens with zero attached hydrogens (tertiary/aromatic N) is 1. The molecule has 2 N–H and O–H groups in total. The molecule has 1 amide bonds. The number of aryl methyl sites for hydroxylation is 1. The van der Waals surface area contributed by atoms with Gasteiger partial charge in [0.2, 0.25) is 11.5 Å². The van der Waals surface area contributed by atoms with Crippen LogP contribution in [-0.4, -0.2) is 46.7 Å². The minimum atomic E-state index is -0.214. The van der Waals surface area contributed by atoms with Crippen molar-refractivity contribution < 1.29 is 14.6 Å². The average Bonchev–Trinajstić information content (AvgIpc) is 2.92. The summed E-state index contributed by atoms with van der Waals surface area (Å²) < 4.78 is 5.80. The smallest absolute Gasteiger partial charge is 0.248 e. The maximum absolute atomic E-state index is 13.2. The molecule has 6 heteroatoms. The molecule has 0 saturated heterocycles. The van der Waals surface area contributed by atoms with Gasteiger partial charge in [-0.1, -0.05) is 62.1 Å². The van der Waals surface area contributed by atoms with Gasteiger partial charge >= 0.3 is 0 Å². The monoisotopic (exact) mass is 504 g/mol. The zero-order valence-corrected chi connectivity index (χ0v) is 21.8. The molecule has 0 aliphatic heterocycles. The highest BCUT2D eigenvalue weighted by Gasteiger charge is 2.24. The summed E-state index contributed by atoms with van der Waals surface area (Å²) in [4.78, 5) is 29.7. The molecule has 3 aromatic rings. The van der Waals surface area contributed by atoms with Crippen LogP contribution >= 0.6 is 0 Å². The lowest BCUT2D eigenvalue weighted by Gasteiger charge is -2.34. The summed E-state index contributed by atoms with van der Waals surface area (Å²) in [6, 6.07) is 17.5. The van der Waals surface area contributed by atoms with Crippen molar-refractivity contribution in [2.75, 3.05) is 19.8 Å². The van der Waals surface area contributed by atoms with Crippen molar-refractivity contribution >= 4 is 16.8 Å². The number of hydrogen-bond donors (Lipinski definition) is 2. The molecule has 4 rings (SSSR count). The van der Waals surface area contributed by atoms with E-state index in [1.807, 2.05) is 24.3 Å². The van der Waals surface area contributed by atoms with Gasteiger partial charge in [0.05, 0.1) is 25.2 Å². The number of phenols is 1. The maximum atomic E-state index is 13.2. The summed E-state index contributed by atoms with van der Waals surface area (Å²) in [5, 5.41) is 11.0. The summed E-state index contributed by atoms with van der Waals surface area (Å²) in [5.41, 5.74) is 2.67. The first-order valence-electron chi connectivity index (χ1n) is 13.9. The fraction of sp³-hybridized carbons (Fsp3) is 0.484. The van der Waals surface area contributed by atoms with Gasteiger partial charge in [-0.15, -0.1) is 0 Å². The van der Waals surface area contributed by atoms with E-state index in [0.717, 1.165) is 62.4 Å². The first-order chi connectivity index (χ1) is 18.1. The van der Waals surface area contributed by atoms with Gasteiger partial charge in [0.15, 0.2) is 0 Å². The Morgan fingerprint density at radius 2 is 1.73 bits per heavy atom. The minimum absolute atomic E-state index is 0.0992. The number of benzene rings is 2. The molecule has 1 aliphatic carbocycles. The van der Waals surface area contributed by atoms with E-state index < -0.39 is 0 Å². The Morgan fingerprint density at radius 1 is 0.919 bits per heavy atom. The molecule has 1 aliphatic rings. The highest BCUT2D eigenvalue weighted by molar-refractivity contribution is 5.87. The van der Waals surface area contributed by atoms with Crippen LogP contribution in [0.3, 0.4) is 0 Å². The first-order valence-corrected chi connectivity index (χ1v) is 13.9. The predicted octanol–water partition coefficient (Wildman–Crippen LogP) is 5.76. The van der Waals surface area contributed by atoms with E-state index in [4.69, 9.17) is 4.74 Å². The van der Waals surface area contributed by atoms with E-state index in [9.17, 15) is 14.7 Å². The van der Waals surface area contributed by atoms with Gasteiger partial charge in [0.25, 0.3) is 0 Å². The normalized spacial score (nSPS) is 14.2. The summed E-state index contributed by atoms with van der Waals surface area (Å²) in [7, 11) is 0. The SMILES string of the molecule is O=C(CCOCCc1ccccc1)N(CCCCCc1ccc(O)c2[nH]c(=O)ccc12)C1CCCCC1. The number of nitrogens with one attached hydrogen (secondary N) is 1. The summed E-state index contributed by atoms with van der Waals surface area (Å²) in [6.07, 6.45) is 11.1. The van der Waals surface area contributed by atoms with Crippen LogP contribution < -0.4 is 5.56 Å². The molecular formula is C31H40N2O4. The number of unbranched alkanes of at least 4 members (excludes halogenated alkanes) is 2. The third-order valence-corrected chi connectivity index (χ3v) is 7.48. The zero-order valence-electron chi connectivity index (χ0n) is 21.8. The fourth-order valence-corrected chi connectivity index (χ4v) is 5.43. The zero-order chi connectivity index (χ0) is 25.9. The highest BCUT2D eigenvalue weighted by atomic mass is 16.5. The van der Waals surface area contributed by atoms with Gasteiger partial charge < -0.3 is 19.7 Å². The molecular weight excluding hydrogens is 464 g/mol. The lowest BCUT2D eigenvalue weighted by atomic mass is 9.93. The lowest BCUT2D eigenvalue weighted by Crippen LogP contribution is -2.42. The summed E-state index contributed by atoms with van der Waals surface area (Å²) in [6.45, 7) is 1.92. The van der Waals surface area contributed by atoms with Gasteiger partial charge in [-0.25, -0.2) is 0 Å². The summed E-state index contributed by atoms with van der Waals surface area (Å²) in [5.74, 6) is 0.322. The topological polar surface area (TPSA) is 82.6 Å². The number of carbonyl (C=O) groups excluding carboxylic acids is 1. The van der Waals surface area contributed by atoms with Crippen LogP contribution in [0, 0.1) is 0 Å². The van der Waals surface area contributed by atoms with E-state index in [0.29, 0.717) is 31.2 Å². The van der Waals surface area contributed by atoms with Crippen molar-refractivity contribution in [3.63, 3.8) is 0 Å². The Morgan fingerprint density at radius 3 is 2.54 bits per heavy atom. The van der Waals surface area contributed by atoms with Crippen molar-refractivity contribution in [3.8, 4) is 5.75 Å². The molecule has 0 atom stereocenters. The number of aromatic amines is 1. The molecule has 0 spiro atoms. The Bertz CT molecular complexity index is 1180. The standard InChI is InChI=1S/C31H40N2O4/c34-28-17-15-25(27-16-18-29(35)32-31(27)28)12-6-3-9-21-33(26-13-7-2-8-14-26)30(36)20-23-37-22-19-24-10-4-1-5-11-24/h1,4-5,10-11,15-18,26,34H,2-3,6-9,12-14,19-23H2,(H,32,35). The van der Waals surface area contributed by atoms with Gasteiger partial charge in [-0.3, -0.25) is 9.59 Å². The van der Waals surface area contributed by atoms with E-state index in [-0.39, 0.29) is 17.2 Å². The second kappa shape index (κ2) is 14.0. The summed E-state index contributed by atoms with van der Waals surface area (Å²) >= 11 is 0. The van der Waals surface area contributed by atoms with Crippen LogP contribution in [0.1, 0.15) is 68.9 Å². The number of pyridine rings is 1. The molecule has 2 aromatic carbocycles. The average molecular weight is 505 g/mol. The predicted molar refractivity (Wildman–Crippen MR) is 148 cm³/mol. The Kier molecular flexibility index (Phi) is 10.2. The molecule has 1 saturated carbocycles. The van der Waals surface area contributed by atoms with Crippen molar-refractivity contribution in [2.45, 2.75) is 76.7 Å². The van der Waals surface area contributed by atoms with Crippen LogP contribution in [0.15, 0.2) is 59.4 Å². The number of ether oxygens (including phenoxy) is 1. The molecule has 37 heavy (non-hydrogen) atoms. The van der Waals surface area contributed by atoms with Crippen LogP contribution in [-0.2, 0) is 22.4 Å². The minimum Gasteiger partial charge on any atom is -0.506 e. The first kappa shape index (κ1) is 26.9. The second-order valence-corrected chi connectivity index (χ2v) is 10.1. The van der Waals surface area contributed by atoms with Crippen molar-refractivity contribution in [3.05, 3.63) is 76.1 Å². The highest BCUT2D eigenvalue weighted by Crippen LogP contribution is 2.27. The van der Waals surface area contributed by atoms with Gasteiger partial charge in [-0.2, -0.15) is 0 Å². The third-order valence-electron chi connectivity index (χ3n) is 7.48. The quantitative estimate of drug-likeness (QED) is 0.290. The molecule has 1 aromatic heterocycles. The number of aromatic nitrogens is 1. The van der Waals surface area contributed by atoms with Crippen LogP contribution in [0.2, 0.25) is 0 Å². The van der Waals surface area contributed by atoms with E-state index in [1.165, 1.54) is 30.9 Å². The molecule has 0 bridgehead atoms. The molecule has 0 unspecified atom stereocenters. The number of fused-ring (bicyclic) bond motifs is 1. The van der Waals surface area contributed by atoms with Crippen LogP contribution in [0.4, 0.5) is 0 Å². The number of amides is 1. The number of H-pyrrole nitrogens is 1.